The molecule has 0 fully saturated rings. The molecule has 0 aliphatic heterocycles. The van der Waals surface area contributed by atoms with Crippen LogP contribution in [0.15, 0.2) is 6.33 Å². The van der Waals surface area contributed by atoms with Crippen molar-refractivity contribution < 1.29 is 0 Å². The van der Waals surface area contributed by atoms with Crippen LogP contribution in [0.5, 0.6) is 0 Å². The summed E-state index contributed by atoms with van der Waals surface area (Å²) in [6, 6.07) is 0. The van der Waals surface area contributed by atoms with Crippen molar-refractivity contribution in [1.82, 2.24) is 15.0 Å². The Bertz CT molecular complexity index is 931. The van der Waals surface area contributed by atoms with Crippen molar-refractivity contribution in [1.29, 1.82) is 0 Å². The van der Waals surface area contributed by atoms with Gasteiger partial charge in [-0.25, -0.2) is 15.0 Å². The lowest BCUT2D eigenvalue weighted by atomic mass is 9.88. The fourth-order valence-electron chi connectivity index (χ4n) is 4.14. The van der Waals surface area contributed by atoms with Crippen LogP contribution in [0.4, 0.5) is 5.82 Å². The molecule has 3 aromatic rings. The van der Waals surface area contributed by atoms with Crippen molar-refractivity contribution in [2.24, 2.45) is 0 Å². The highest BCUT2D eigenvalue weighted by Crippen LogP contribution is 2.41. The van der Waals surface area contributed by atoms with Gasteiger partial charge in [-0.1, -0.05) is 26.7 Å². The van der Waals surface area contributed by atoms with Crippen molar-refractivity contribution in [2.75, 3.05) is 18.5 Å². The minimum atomic E-state index is 1.03. The molecule has 0 saturated carbocycles. The molecule has 0 radical (unpaired) electrons. The van der Waals surface area contributed by atoms with Crippen molar-refractivity contribution in [3.05, 3.63) is 23.1 Å². The smallest absolute Gasteiger partial charge is 0.149 e. The minimum absolute atomic E-state index is 1.03. The molecule has 3 aromatic heterocycles. The second kappa shape index (κ2) is 7.47. The number of hydrogen-bond acceptors (Lipinski definition) is 5. The minimum Gasteiger partial charge on any atom is -0.358 e. The van der Waals surface area contributed by atoms with E-state index >= 15 is 0 Å². The number of aryl methyl sites for hydroxylation is 2. The first-order valence-corrected chi connectivity index (χ1v) is 10.8. The number of rotatable bonds is 6. The summed E-state index contributed by atoms with van der Waals surface area (Å²) < 4.78 is 1.20. The summed E-state index contributed by atoms with van der Waals surface area (Å²) in [7, 11) is 2.15. The van der Waals surface area contributed by atoms with Crippen LogP contribution in [-0.2, 0) is 19.3 Å². The molecular formula is C21H28N4S. The molecule has 4 nitrogen and oxygen atoms in total. The maximum absolute atomic E-state index is 5.11. The largest absolute Gasteiger partial charge is 0.358 e. The van der Waals surface area contributed by atoms with Gasteiger partial charge in [0.25, 0.3) is 0 Å². The molecule has 0 aromatic carbocycles. The summed E-state index contributed by atoms with van der Waals surface area (Å²) in [5.41, 5.74) is 5.49. The predicted molar refractivity (Wildman–Crippen MR) is 112 cm³/mol. The van der Waals surface area contributed by atoms with E-state index < -0.39 is 0 Å². The number of hydrogen-bond donors (Lipinski definition) is 0. The Morgan fingerprint density at radius 3 is 2.65 bits per heavy atom. The molecule has 1 aliphatic rings. The summed E-state index contributed by atoms with van der Waals surface area (Å²) >= 11 is 1.79. The van der Waals surface area contributed by atoms with Crippen LogP contribution < -0.4 is 4.90 Å². The maximum Gasteiger partial charge on any atom is 0.149 e. The molecule has 26 heavy (non-hydrogen) atoms. The van der Waals surface area contributed by atoms with E-state index in [0.29, 0.717) is 0 Å². The highest BCUT2D eigenvalue weighted by Gasteiger charge is 2.23. The van der Waals surface area contributed by atoms with Gasteiger partial charge in [0.2, 0.25) is 0 Å². The lowest BCUT2D eigenvalue weighted by molar-refractivity contribution is 0.675. The van der Waals surface area contributed by atoms with Crippen LogP contribution in [0.2, 0.25) is 0 Å². The second-order valence-corrected chi connectivity index (χ2v) is 8.40. The van der Waals surface area contributed by atoms with Crippen LogP contribution >= 0.6 is 11.3 Å². The van der Waals surface area contributed by atoms with Crippen molar-refractivity contribution >= 4 is 37.6 Å². The quantitative estimate of drug-likeness (QED) is 0.591. The second-order valence-electron chi connectivity index (χ2n) is 7.41. The lowest BCUT2D eigenvalue weighted by Gasteiger charge is -2.20. The Labute approximate surface area is 159 Å². The van der Waals surface area contributed by atoms with Gasteiger partial charge in [-0.2, -0.15) is 0 Å². The molecule has 0 N–H and O–H groups in total. The van der Waals surface area contributed by atoms with E-state index in [1.54, 1.807) is 17.7 Å². The first kappa shape index (κ1) is 17.7. The third kappa shape index (κ3) is 2.96. The topological polar surface area (TPSA) is 41.9 Å². The Morgan fingerprint density at radius 1 is 1.08 bits per heavy atom. The monoisotopic (exact) mass is 368 g/mol. The zero-order valence-corrected chi connectivity index (χ0v) is 17.0. The molecule has 0 amide bonds. The van der Waals surface area contributed by atoms with Gasteiger partial charge < -0.3 is 4.90 Å². The average molecular weight is 369 g/mol. The Kier molecular flexibility index (Phi) is 5.07. The van der Waals surface area contributed by atoms with Gasteiger partial charge in [0.1, 0.15) is 17.0 Å². The zero-order valence-electron chi connectivity index (χ0n) is 16.1. The third-order valence-electron chi connectivity index (χ3n) is 5.48. The number of thiophene rings is 1. The van der Waals surface area contributed by atoms with E-state index in [1.807, 2.05) is 0 Å². The molecular weight excluding hydrogens is 340 g/mol. The van der Waals surface area contributed by atoms with Gasteiger partial charge in [-0.3, -0.25) is 0 Å². The van der Waals surface area contributed by atoms with E-state index in [2.05, 4.69) is 30.8 Å². The van der Waals surface area contributed by atoms with Gasteiger partial charge in [0.05, 0.1) is 10.2 Å². The van der Waals surface area contributed by atoms with Crippen molar-refractivity contribution in [3.63, 3.8) is 0 Å². The Balaban J connectivity index is 1.94. The number of anilines is 1. The maximum atomic E-state index is 5.11. The fourth-order valence-corrected chi connectivity index (χ4v) is 5.37. The summed E-state index contributed by atoms with van der Waals surface area (Å²) in [5, 5.41) is 1.31. The van der Waals surface area contributed by atoms with Crippen LogP contribution in [0.25, 0.3) is 20.4 Å². The van der Waals surface area contributed by atoms with Crippen LogP contribution in [0.3, 0.4) is 0 Å². The SMILES string of the molecule is CCCCN(C)c1ncnc2c1sc1nc(CCC)c3c(c12)CCCC3. The lowest BCUT2D eigenvalue weighted by Crippen LogP contribution is -2.19. The number of unbranched alkanes of at least 4 members (excludes halogenated alkanes) is 1. The van der Waals surface area contributed by atoms with Gasteiger partial charge >= 0.3 is 0 Å². The van der Waals surface area contributed by atoms with E-state index in [9.17, 15) is 0 Å². The van der Waals surface area contributed by atoms with Gasteiger partial charge in [0, 0.05) is 24.7 Å². The van der Waals surface area contributed by atoms with Gasteiger partial charge in [0.15, 0.2) is 0 Å². The first-order chi connectivity index (χ1) is 12.7. The molecule has 5 heteroatoms. The third-order valence-corrected chi connectivity index (χ3v) is 6.55. The predicted octanol–water partition coefficient (Wildman–Crippen LogP) is 5.31. The fraction of sp³-hybridized carbons (Fsp3) is 0.571. The number of fused-ring (bicyclic) bond motifs is 5. The first-order valence-electron chi connectivity index (χ1n) is 10.0. The molecule has 0 atom stereocenters. The van der Waals surface area contributed by atoms with E-state index in [0.717, 1.165) is 35.6 Å². The summed E-state index contributed by atoms with van der Waals surface area (Å²) in [6.07, 6.45) is 11.3. The van der Waals surface area contributed by atoms with E-state index in [4.69, 9.17) is 9.97 Å². The summed E-state index contributed by atoms with van der Waals surface area (Å²) in [5.74, 6) is 1.06. The van der Waals surface area contributed by atoms with Crippen LogP contribution in [0.1, 0.15) is 62.8 Å². The zero-order chi connectivity index (χ0) is 18.1. The van der Waals surface area contributed by atoms with Crippen LogP contribution in [-0.4, -0.2) is 28.5 Å². The molecule has 0 spiro atoms. The van der Waals surface area contributed by atoms with Gasteiger partial charge in [-0.05, 0) is 49.7 Å². The normalized spacial score (nSPS) is 14.1. The summed E-state index contributed by atoms with van der Waals surface area (Å²) in [4.78, 5) is 17.9. The molecule has 0 saturated heterocycles. The average Bonchev–Trinajstić information content (AvgIpc) is 3.05. The molecule has 4 rings (SSSR count). The Morgan fingerprint density at radius 2 is 1.88 bits per heavy atom. The molecule has 3 heterocycles. The highest BCUT2D eigenvalue weighted by atomic mass is 32.1. The molecule has 1 aliphatic carbocycles. The highest BCUT2D eigenvalue weighted by molar-refractivity contribution is 7.26. The van der Waals surface area contributed by atoms with Crippen molar-refractivity contribution in [2.45, 2.75) is 65.2 Å². The van der Waals surface area contributed by atoms with Crippen molar-refractivity contribution in [3.8, 4) is 0 Å². The molecule has 0 unspecified atom stereocenters. The Hall–Kier alpha value is -1.75. The standard InChI is InChI=1S/C21H28N4S/c1-4-6-12-25(3)20-19-18(22-13-23-20)17-15-11-8-7-10-14(15)16(9-5-2)24-21(17)26-19/h13H,4-12H2,1-3H3. The molecule has 138 valence electrons. The number of aromatic nitrogens is 3. The van der Waals surface area contributed by atoms with E-state index in [-0.39, 0.29) is 0 Å². The summed E-state index contributed by atoms with van der Waals surface area (Å²) in [6.45, 7) is 5.51. The number of pyridine rings is 1. The van der Waals surface area contributed by atoms with Crippen LogP contribution in [0, 0.1) is 0 Å². The number of nitrogens with zero attached hydrogens (tertiary/aromatic N) is 4. The van der Waals surface area contributed by atoms with Gasteiger partial charge in [-0.15, -0.1) is 11.3 Å². The molecule has 0 bridgehead atoms. The van der Waals surface area contributed by atoms with E-state index in [1.165, 1.54) is 65.4 Å².